The Morgan fingerprint density at radius 1 is 1.05 bits per heavy atom. The van der Waals surface area contributed by atoms with Crippen molar-refractivity contribution in [1.29, 1.82) is 0 Å². The highest BCUT2D eigenvalue weighted by Crippen LogP contribution is 2.31. The van der Waals surface area contributed by atoms with Crippen LogP contribution in [0.1, 0.15) is 54.4 Å². The third-order valence-corrected chi connectivity index (χ3v) is 8.11. The van der Waals surface area contributed by atoms with Crippen molar-refractivity contribution in [3.8, 4) is 5.69 Å². The highest BCUT2D eigenvalue weighted by Gasteiger charge is 2.33. The average Bonchev–Trinajstić information content (AvgIpc) is 3.41. The lowest BCUT2D eigenvalue weighted by atomic mass is 9.95. The van der Waals surface area contributed by atoms with Crippen molar-refractivity contribution in [2.45, 2.75) is 46.6 Å². The van der Waals surface area contributed by atoms with E-state index in [0.29, 0.717) is 27.0 Å². The van der Waals surface area contributed by atoms with Crippen LogP contribution in [-0.2, 0) is 16.0 Å². The number of carbonyl (C=O) groups is 1. The second-order valence-corrected chi connectivity index (χ2v) is 10.4. The molecule has 194 valence electrons. The van der Waals surface area contributed by atoms with E-state index in [1.165, 1.54) is 24.0 Å². The van der Waals surface area contributed by atoms with Gasteiger partial charge in [0.1, 0.15) is 0 Å². The van der Waals surface area contributed by atoms with E-state index in [0.717, 1.165) is 34.6 Å². The maximum absolute atomic E-state index is 13.9. The van der Waals surface area contributed by atoms with Crippen LogP contribution in [0.15, 0.2) is 81.7 Å². The number of allylic oxidation sites excluding steroid dienone is 1. The van der Waals surface area contributed by atoms with Crippen molar-refractivity contribution in [1.82, 2.24) is 9.13 Å². The molecular formula is C31H31N3O3S. The summed E-state index contributed by atoms with van der Waals surface area (Å²) in [4.78, 5) is 32.2. The zero-order valence-corrected chi connectivity index (χ0v) is 23.1. The number of aryl methyl sites for hydroxylation is 2. The first-order valence-electron chi connectivity index (χ1n) is 12.8. The molecule has 0 aliphatic carbocycles. The lowest BCUT2D eigenvalue weighted by Gasteiger charge is -2.25. The molecule has 0 unspecified atom stereocenters. The van der Waals surface area contributed by atoms with Gasteiger partial charge in [-0.15, -0.1) is 0 Å². The number of nitrogens with zero attached hydrogens (tertiary/aromatic N) is 3. The Hall–Kier alpha value is -3.97. The molecule has 2 aromatic carbocycles. The van der Waals surface area contributed by atoms with E-state index in [1.54, 1.807) is 4.57 Å². The third kappa shape index (κ3) is 4.37. The minimum atomic E-state index is -0.596. The SMILES string of the molecule is CCC1=C(C(=O)OC)[C@@H](c2ccccc2)n2c(s/c(=C\c3cc(C)n(-c4ccc(CC)cc4)c3C)c2=O)=N1. The molecule has 4 aromatic rings. The summed E-state index contributed by atoms with van der Waals surface area (Å²) < 4.78 is 9.56. The van der Waals surface area contributed by atoms with Crippen LogP contribution >= 0.6 is 11.3 Å². The number of hydrogen-bond acceptors (Lipinski definition) is 5. The number of benzene rings is 2. The Morgan fingerprint density at radius 3 is 2.39 bits per heavy atom. The molecule has 0 N–H and O–H groups in total. The van der Waals surface area contributed by atoms with Crippen LogP contribution in [0.2, 0.25) is 0 Å². The number of thiazole rings is 1. The summed E-state index contributed by atoms with van der Waals surface area (Å²) in [7, 11) is 1.36. The van der Waals surface area contributed by atoms with Crippen LogP contribution in [0.3, 0.4) is 0 Å². The predicted molar refractivity (Wildman–Crippen MR) is 151 cm³/mol. The maximum atomic E-state index is 13.9. The Labute approximate surface area is 225 Å². The summed E-state index contributed by atoms with van der Waals surface area (Å²) in [6.45, 7) is 8.25. The number of aromatic nitrogens is 2. The van der Waals surface area contributed by atoms with Gasteiger partial charge in [0.15, 0.2) is 4.80 Å². The molecule has 3 heterocycles. The van der Waals surface area contributed by atoms with Crippen molar-refractivity contribution in [2.24, 2.45) is 4.99 Å². The summed E-state index contributed by atoms with van der Waals surface area (Å²) in [5, 5.41) is 0. The number of hydrogen-bond donors (Lipinski definition) is 0. The van der Waals surface area contributed by atoms with E-state index in [1.807, 2.05) is 43.3 Å². The minimum Gasteiger partial charge on any atom is -0.466 e. The Morgan fingerprint density at radius 2 is 1.76 bits per heavy atom. The third-order valence-electron chi connectivity index (χ3n) is 7.13. The molecule has 1 aliphatic rings. The van der Waals surface area contributed by atoms with Gasteiger partial charge in [-0.2, -0.15) is 0 Å². The molecule has 7 heteroatoms. The number of rotatable bonds is 6. The highest BCUT2D eigenvalue weighted by atomic mass is 32.1. The summed E-state index contributed by atoms with van der Waals surface area (Å²) in [6.07, 6.45) is 3.49. The summed E-state index contributed by atoms with van der Waals surface area (Å²) in [5.74, 6) is -0.466. The molecule has 2 aromatic heterocycles. The molecule has 5 rings (SSSR count). The second-order valence-electron chi connectivity index (χ2n) is 9.38. The molecule has 0 saturated heterocycles. The molecule has 0 bridgehead atoms. The van der Waals surface area contributed by atoms with Gasteiger partial charge in [-0.1, -0.05) is 67.6 Å². The van der Waals surface area contributed by atoms with Crippen LogP contribution in [0, 0.1) is 13.8 Å². The normalized spacial score (nSPS) is 15.4. The Balaban J connectivity index is 1.69. The average molecular weight is 526 g/mol. The molecule has 0 radical (unpaired) electrons. The first kappa shape index (κ1) is 25.7. The van der Waals surface area contributed by atoms with Crippen molar-refractivity contribution in [3.63, 3.8) is 0 Å². The van der Waals surface area contributed by atoms with Gasteiger partial charge in [-0.25, -0.2) is 9.79 Å². The fourth-order valence-corrected chi connectivity index (χ4v) is 6.18. The first-order chi connectivity index (χ1) is 18.4. The van der Waals surface area contributed by atoms with Gasteiger partial charge in [0.2, 0.25) is 0 Å². The van der Waals surface area contributed by atoms with E-state index in [4.69, 9.17) is 9.73 Å². The fourth-order valence-electron chi connectivity index (χ4n) is 5.17. The number of carbonyl (C=O) groups excluding carboxylic acids is 1. The highest BCUT2D eigenvalue weighted by molar-refractivity contribution is 7.07. The van der Waals surface area contributed by atoms with Gasteiger partial charge in [-0.3, -0.25) is 9.36 Å². The van der Waals surface area contributed by atoms with Gasteiger partial charge in [-0.05, 0) is 67.7 Å². The smallest absolute Gasteiger partial charge is 0.338 e. The summed E-state index contributed by atoms with van der Waals surface area (Å²) >= 11 is 1.35. The molecule has 6 nitrogen and oxygen atoms in total. The molecule has 38 heavy (non-hydrogen) atoms. The summed E-state index contributed by atoms with van der Waals surface area (Å²) in [5.41, 5.74) is 7.25. The molecule has 0 saturated carbocycles. The number of fused-ring (bicyclic) bond motifs is 1. The van der Waals surface area contributed by atoms with Crippen LogP contribution in [0.5, 0.6) is 0 Å². The van der Waals surface area contributed by atoms with Crippen molar-refractivity contribution >= 4 is 23.4 Å². The molecular weight excluding hydrogens is 494 g/mol. The predicted octanol–water partition coefficient (Wildman–Crippen LogP) is 4.77. The van der Waals surface area contributed by atoms with Gasteiger partial charge in [0.05, 0.1) is 29.0 Å². The van der Waals surface area contributed by atoms with E-state index >= 15 is 0 Å². The van der Waals surface area contributed by atoms with Crippen LogP contribution in [0.25, 0.3) is 11.8 Å². The maximum Gasteiger partial charge on any atom is 0.338 e. The Kier molecular flexibility index (Phi) is 7.04. The van der Waals surface area contributed by atoms with Crippen LogP contribution in [-0.4, -0.2) is 22.2 Å². The van der Waals surface area contributed by atoms with E-state index in [-0.39, 0.29) is 5.56 Å². The van der Waals surface area contributed by atoms with Gasteiger partial charge < -0.3 is 9.30 Å². The first-order valence-corrected chi connectivity index (χ1v) is 13.7. The molecule has 0 amide bonds. The molecule has 1 atom stereocenters. The molecule has 0 spiro atoms. The van der Waals surface area contributed by atoms with Crippen molar-refractivity contribution in [2.75, 3.05) is 7.11 Å². The monoisotopic (exact) mass is 525 g/mol. The number of ether oxygens (including phenoxy) is 1. The van der Waals surface area contributed by atoms with Crippen molar-refractivity contribution in [3.05, 3.63) is 120 Å². The largest absolute Gasteiger partial charge is 0.466 e. The lowest BCUT2D eigenvalue weighted by Crippen LogP contribution is -2.40. The minimum absolute atomic E-state index is 0.170. The summed E-state index contributed by atoms with van der Waals surface area (Å²) in [6, 6.07) is 19.7. The van der Waals surface area contributed by atoms with Gasteiger partial charge in [0, 0.05) is 17.1 Å². The van der Waals surface area contributed by atoms with Crippen molar-refractivity contribution < 1.29 is 9.53 Å². The standard InChI is InChI=1S/C31H31N3O3S/c1-6-21-13-15-24(16-14-21)33-19(3)17-23(20(33)4)18-26-29(35)34-28(22-11-9-8-10-12-22)27(30(36)37-5)25(7-2)32-31(34)38-26/h8-18,28H,6-7H2,1-5H3/b26-18-/t28-/m1/s1. The number of esters is 1. The lowest BCUT2D eigenvalue weighted by molar-refractivity contribution is -0.136. The van der Waals surface area contributed by atoms with E-state index in [9.17, 15) is 9.59 Å². The van der Waals surface area contributed by atoms with Gasteiger partial charge >= 0.3 is 5.97 Å². The zero-order chi connectivity index (χ0) is 27.0. The topological polar surface area (TPSA) is 65.6 Å². The fraction of sp³-hybridized carbons (Fsp3) is 0.258. The van der Waals surface area contributed by atoms with Crippen LogP contribution < -0.4 is 14.9 Å². The molecule has 0 fully saturated rings. The zero-order valence-electron chi connectivity index (χ0n) is 22.3. The van der Waals surface area contributed by atoms with E-state index < -0.39 is 12.0 Å². The molecule has 1 aliphatic heterocycles. The van der Waals surface area contributed by atoms with Crippen LogP contribution in [0.4, 0.5) is 0 Å². The quantitative estimate of drug-likeness (QED) is 0.341. The van der Waals surface area contributed by atoms with E-state index in [2.05, 4.69) is 55.7 Å². The number of methoxy groups -OCH3 is 1. The van der Waals surface area contributed by atoms with Gasteiger partial charge in [0.25, 0.3) is 5.56 Å². The Bertz CT molecular complexity index is 1720. The second kappa shape index (κ2) is 10.4.